The molecule has 1 aromatic rings. The van der Waals surface area contributed by atoms with Crippen molar-refractivity contribution >= 4 is 5.91 Å². The van der Waals surface area contributed by atoms with Crippen LogP contribution >= 0.6 is 0 Å². The molecule has 4 nitrogen and oxygen atoms in total. The summed E-state index contributed by atoms with van der Waals surface area (Å²) in [6, 6.07) is 3.90. The average Bonchev–Trinajstić information content (AvgIpc) is 2.14. The molecule has 13 heavy (non-hydrogen) atoms. The summed E-state index contributed by atoms with van der Waals surface area (Å²) in [4.78, 5) is 14.3. The maximum atomic E-state index is 10.4. The first-order valence-corrected chi connectivity index (χ1v) is 4.17. The first-order chi connectivity index (χ1) is 6.29. The van der Waals surface area contributed by atoms with Crippen LogP contribution in [0.1, 0.15) is 5.56 Å². The summed E-state index contributed by atoms with van der Waals surface area (Å²) < 4.78 is 0. The number of carbonyl (C=O) groups excluding carboxylic acids is 1. The van der Waals surface area contributed by atoms with Gasteiger partial charge in [0.25, 0.3) is 0 Å². The lowest BCUT2D eigenvalue weighted by Gasteiger charge is -2.01. The van der Waals surface area contributed by atoms with Crippen molar-refractivity contribution in [2.75, 3.05) is 13.1 Å². The zero-order valence-corrected chi connectivity index (χ0v) is 7.36. The van der Waals surface area contributed by atoms with E-state index in [4.69, 9.17) is 5.73 Å². The molecule has 0 atom stereocenters. The number of primary amides is 1. The van der Waals surface area contributed by atoms with E-state index in [1.165, 1.54) is 5.56 Å². The quantitative estimate of drug-likeness (QED) is 0.610. The molecule has 3 N–H and O–H groups in total. The number of nitrogens with one attached hydrogen (secondary N) is 1. The van der Waals surface area contributed by atoms with Crippen LogP contribution in [0.15, 0.2) is 24.5 Å². The zero-order valence-electron chi connectivity index (χ0n) is 7.36. The maximum absolute atomic E-state index is 10.4. The van der Waals surface area contributed by atoms with Crippen molar-refractivity contribution in [3.05, 3.63) is 30.1 Å². The number of hydrogen-bond acceptors (Lipinski definition) is 3. The fourth-order valence-electron chi connectivity index (χ4n) is 0.994. The van der Waals surface area contributed by atoms with Gasteiger partial charge in [0, 0.05) is 12.4 Å². The first kappa shape index (κ1) is 9.67. The van der Waals surface area contributed by atoms with Crippen molar-refractivity contribution in [3.63, 3.8) is 0 Å². The minimum atomic E-state index is -0.324. The standard InChI is InChI=1S/C9H13N3O/c10-9(13)7-12-6-3-8-1-4-11-5-2-8/h1-2,4-5,12H,3,6-7H2,(H2,10,13). The van der Waals surface area contributed by atoms with Gasteiger partial charge in [-0.15, -0.1) is 0 Å². The van der Waals surface area contributed by atoms with Crippen LogP contribution < -0.4 is 11.1 Å². The number of hydrogen-bond donors (Lipinski definition) is 2. The molecule has 0 aliphatic rings. The number of aromatic nitrogens is 1. The van der Waals surface area contributed by atoms with Gasteiger partial charge in [0.05, 0.1) is 6.54 Å². The Morgan fingerprint density at radius 1 is 1.46 bits per heavy atom. The minimum absolute atomic E-state index is 0.241. The molecule has 0 aliphatic carbocycles. The largest absolute Gasteiger partial charge is 0.369 e. The van der Waals surface area contributed by atoms with Gasteiger partial charge in [-0.05, 0) is 30.7 Å². The van der Waals surface area contributed by atoms with Crippen LogP contribution in [-0.2, 0) is 11.2 Å². The molecule has 1 aromatic heterocycles. The number of carbonyl (C=O) groups is 1. The summed E-state index contributed by atoms with van der Waals surface area (Å²) in [5.74, 6) is -0.324. The van der Waals surface area contributed by atoms with E-state index in [-0.39, 0.29) is 12.5 Å². The normalized spacial score (nSPS) is 9.85. The number of rotatable bonds is 5. The monoisotopic (exact) mass is 179 g/mol. The molecule has 0 radical (unpaired) electrons. The van der Waals surface area contributed by atoms with Crippen LogP contribution in [0.4, 0.5) is 0 Å². The van der Waals surface area contributed by atoms with E-state index in [0.717, 1.165) is 13.0 Å². The lowest BCUT2D eigenvalue weighted by molar-refractivity contribution is -0.117. The molecule has 70 valence electrons. The third kappa shape index (κ3) is 4.22. The number of nitrogens with two attached hydrogens (primary N) is 1. The Morgan fingerprint density at radius 2 is 2.15 bits per heavy atom. The highest BCUT2D eigenvalue weighted by Gasteiger charge is 1.93. The Kier molecular flexibility index (Phi) is 3.92. The lowest BCUT2D eigenvalue weighted by Crippen LogP contribution is -2.29. The number of nitrogens with zero attached hydrogens (tertiary/aromatic N) is 1. The fourth-order valence-corrected chi connectivity index (χ4v) is 0.994. The van der Waals surface area contributed by atoms with Gasteiger partial charge in [-0.25, -0.2) is 0 Å². The number of pyridine rings is 1. The van der Waals surface area contributed by atoms with E-state index in [1.54, 1.807) is 12.4 Å². The molecule has 1 amide bonds. The van der Waals surface area contributed by atoms with Crippen molar-refractivity contribution < 1.29 is 4.79 Å². The Bertz CT molecular complexity index is 261. The van der Waals surface area contributed by atoms with Crippen LogP contribution in [0.5, 0.6) is 0 Å². The number of amides is 1. The van der Waals surface area contributed by atoms with Crippen molar-refractivity contribution in [1.29, 1.82) is 0 Å². The Balaban J connectivity index is 2.17. The molecule has 0 saturated carbocycles. The Hall–Kier alpha value is -1.42. The highest BCUT2D eigenvalue weighted by atomic mass is 16.1. The van der Waals surface area contributed by atoms with Crippen LogP contribution in [0.25, 0.3) is 0 Å². The zero-order chi connectivity index (χ0) is 9.52. The van der Waals surface area contributed by atoms with E-state index in [2.05, 4.69) is 10.3 Å². The van der Waals surface area contributed by atoms with Crippen LogP contribution in [0.3, 0.4) is 0 Å². The molecule has 1 heterocycles. The van der Waals surface area contributed by atoms with Gasteiger partial charge in [0.2, 0.25) is 5.91 Å². The molecular formula is C9H13N3O. The third-order valence-corrected chi connectivity index (χ3v) is 1.64. The predicted octanol–water partition coefficient (Wildman–Crippen LogP) is -0.301. The second kappa shape index (κ2) is 5.27. The molecular weight excluding hydrogens is 166 g/mol. The van der Waals surface area contributed by atoms with E-state index < -0.39 is 0 Å². The molecule has 4 heteroatoms. The third-order valence-electron chi connectivity index (χ3n) is 1.64. The summed E-state index contributed by atoms with van der Waals surface area (Å²) in [6.07, 6.45) is 4.39. The van der Waals surface area contributed by atoms with Gasteiger partial charge in [-0.3, -0.25) is 9.78 Å². The topological polar surface area (TPSA) is 68.0 Å². The predicted molar refractivity (Wildman–Crippen MR) is 50.0 cm³/mol. The van der Waals surface area contributed by atoms with Gasteiger partial charge in [0.1, 0.15) is 0 Å². The summed E-state index contributed by atoms with van der Waals surface area (Å²) in [5, 5.41) is 2.94. The minimum Gasteiger partial charge on any atom is -0.369 e. The van der Waals surface area contributed by atoms with Gasteiger partial charge in [0.15, 0.2) is 0 Å². The van der Waals surface area contributed by atoms with Gasteiger partial charge >= 0.3 is 0 Å². The molecule has 0 bridgehead atoms. The molecule has 0 saturated heterocycles. The average molecular weight is 179 g/mol. The highest BCUT2D eigenvalue weighted by Crippen LogP contribution is 1.95. The van der Waals surface area contributed by atoms with Crippen molar-refractivity contribution in [3.8, 4) is 0 Å². The summed E-state index contributed by atoms with van der Waals surface area (Å²) in [6.45, 7) is 0.998. The van der Waals surface area contributed by atoms with Crippen molar-refractivity contribution in [2.24, 2.45) is 5.73 Å². The Labute approximate surface area is 77.2 Å². The van der Waals surface area contributed by atoms with E-state index in [9.17, 15) is 4.79 Å². The summed E-state index contributed by atoms with van der Waals surface area (Å²) in [7, 11) is 0. The van der Waals surface area contributed by atoms with E-state index in [1.807, 2.05) is 12.1 Å². The van der Waals surface area contributed by atoms with Crippen molar-refractivity contribution in [2.45, 2.75) is 6.42 Å². The summed E-state index contributed by atoms with van der Waals surface area (Å²) in [5.41, 5.74) is 6.16. The summed E-state index contributed by atoms with van der Waals surface area (Å²) >= 11 is 0. The maximum Gasteiger partial charge on any atom is 0.231 e. The molecule has 0 aromatic carbocycles. The molecule has 0 fully saturated rings. The molecule has 0 unspecified atom stereocenters. The van der Waals surface area contributed by atoms with E-state index in [0.29, 0.717) is 0 Å². The van der Waals surface area contributed by atoms with Gasteiger partial charge < -0.3 is 11.1 Å². The Morgan fingerprint density at radius 3 is 2.77 bits per heavy atom. The van der Waals surface area contributed by atoms with E-state index >= 15 is 0 Å². The smallest absolute Gasteiger partial charge is 0.231 e. The lowest BCUT2D eigenvalue weighted by atomic mass is 10.2. The van der Waals surface area contributed by atoms with Gasteiger partial charge in [-0.2, -0.15) is 0 Å². The fraction of sp³-hybridized carbons (Fsp3) is 0.333. The first-order valence-electron chi connectivity index (χ1n) is 4.17. The van der Waals surface area contributed by atoms with Crippen LogP contribution in [0.2, 0.25) is 0 Å². The molecule has 0 aliphatic heterocycles. The van der Waals surface area contributed by atoms with Crippen LogP contribution in [0, 0.1) is 0 Å². The SMILES string of the molecule is NC(=O)CNCCc1ccncc1. The molecule has 0 spiro atoms. The second-order valence-electron chi connectivity index (χ2n) is 2.75. The second-order valence-corrected chi connectivity index (χ2v) is 2.75. The highest BCUT2D eigenvalue weighted by molar-refractivity contribution is 5.75. The molecule has 1 rings (SSSR count). The van der Waals surface area contributed by atoms with Crippen LogP contribution in [-0.4, -0.2) is 24.0 Å². The van der Waals surface area contributed by atoms with Crippen molar-refractivity contribution in [1.82, 2.24) is 10.3 Å². The van der Waals surface area contributed by atoms with Gasteiger partial charge in [-0.1, -0.05) is 0 Å².